The zero-order valence-electron chi connectivity index (χ0n) is 18.4. The minimum Gasteiger partial charge on any atom is -0.497 e. The van der Waals surface area contributed by atoms with Crippen molar-refractivity contribution in [2.45, 2.75) is 26.3 Å². The molecule has 1 amide bonds. The first-order chi connectivity index (χ1) is 15.0. The van der Waals surface area contributed by atoms with Gasteiger partial charge in [0, 0.05) is 51.0 Å². The number of carbonyl (C=O) groups is 1. The summed E-state index contributed by atoms with van der Waals surface area (Å²) in [5.74, 6) is 2.27. The summed E-state index contributed by atoms with van der Waals surface area (Å²) in [6, 6.07) is 11.3. The number of piperazine rings is 1. The Morgan fingerprint density at radius 2 is 1.65 bits per heavy atom. The van der Waals surface area contributed by atoms with E-state index in [2.05, 4.69) is 21.8 Å². The van der Waals surface area contributed by atoms with Crippen molar-refractivity contribution in [1.82, 2.24) is 14.7 Å². The molecule has 2 aliphatic heterocycles. The molecule has 8 heteroatoms. The maximum absolute atomic E-state index is 12.9. The van der Waals surface area contributed by atoms with Crippen molar-refractivity contribution in [2.24, 2.45) is 5.92 Å². The number of benzene rings is 1. The fourth-order valence-electron chi connectivity index (χ4n) is 4.19. The van der Waals surface area contributed by atoms with E-state index in [0.29, 0.717) is 13.1 Å². The summed E-state index contributed by atoms with van der Waals surface area (Å²) >= 11 is 0. The van der Waals surface area contributed by atoms with Crippen LogP contribution in [0, 0.1) is 5.92 Å². The zero-order valence-corrected chi connectivity index (χ0v) is 18.4. The lowest BCUT2D eigenvalue weighted by molar-refractivity contribution is -0.132. The number of hydrogen-bond acceptors (Lipinski definition) is 6. The van der Waals surface area contributed by atoms with E-state index in [0.717, 1.165) is 62.2 Å². The Morgan fingerprint density at radius 3 is 2.29 bits per heavy atom. The van der Waals surface area contributed by atoms with Crippen LogP contribution in [0.15, 0.2) is 41.2 Å². The van der Waals surface area contributed by atoms with Gasteiger partial charge in [0.1, 0.15) is 18.1 Å². The van der Waals surface area contributed by atoms with Crippen LogP contribution in [0.25, 0.3) is 0 Å². The number of methoxy groups -OCH3 is 1. The summed E-state index contributed by atoms with van der Waals surface area (Å²) in [5, 5.41) is 4.49. The Bertz CT molecular complexity index is 942. The van der Waals surface area contributed by atoms with Gasteiger partial charge in [0.05, 0.1) is 7.11 Å². The summed E-state index contributed by atoms with van der Waals surface area (Å²) in [4.78, 5) is 31.4. The molecule has 0 spiro atoms. The van der Waals surface area contributed by atoms with Crippen molar-refractivity contribution in [3.63, 3.8) is 0 Å². The fourth-order valence-corrected chi connectivity index (χ4v) is 4.19. The second kappa shape index (κ2) is 9.41. The Kier molecular flexibility index (Phi) is 6.44. The molecule has 1 aromatic carbocycles. The minimum atomic E-state index is -0.237. The van der Waals surface area contributed by atoms with Crippen LogP contribution in [-0.4, -0.2) is 67.0 Å². The van der Waals surface area contributed by atoms with E-state index in [1.165, 1.54) is 10.7 Å². The summed E-state index contributed by atoms with van der Waals surface area (Å²) in [6.45, 7) is 6.89. The molecule has 8 nitrogen and oxygen atoms in total. The summed E-state index contributed by atoms with van der Waals surface area (Å²) < 4.78 is 6.53. The maximum atomic E-state index is 12.9. The quantitative estimate of drug-likeness (QED) is 0.728. The van der Waals surface area contributed by atoms with Gasteiger partial charge in [-0.15, -0.1) is 0 Å². The van der Waals surface area contributed by atoms with Crippen LogP contribution in [-0.2, 0) is 11.3 Å². The fraction of sp³-hybridized carbons (Fsp3) is 0.522. The Balaban J connectivity index is 1.35. The average Bonchev–Trinajstić information content (AvgIpc) is 2.81. The van der Waals surface area contributed by atoms with Crippen LogP contribution in [0.1, 0.15) is 19.8 Å². The number of carbonyl (C=O) groups excluding carboxylic acids is 1. The molecule has 2 aliphatic rings. The Hall–Kier alpha value is -3.03. The number of anilines is 2. The monoisotopic (exact) mass is 425 g/mol. The molecule has 166 valence electrons. The minimum absolute atomic E-state index is 0.0144. The first-order valence-corrected chi connectivity index (χ1v) is 11.0. The highest BCUT2D eigenvalue weighted by Gasteiger charge is 2.23. The SMILES string of the molecule is COc1ccc(N2CCN(C(=O)Cn3nc(N4CCC(C)CC4)ccc3=O)CC2)cc1. The molecule has 0 atom stereocenters. The van der Waals surface area contributed by atoms with Crippen LogP contribution in [0.4, 0.5) is 11.5 Å². The lowest BCUT2D eigenvalue weighted by Crippen LogP contribution is -2.50. The van der Waals surface area contributed by atoms with Gasteiger partial charge in [0.2, 0.25) is 5.91 Å². The van der Waals surface area contributed by atoms with E-state index in [4.69, 9.17) is 4.74 Å². The molecule has 0 N–H and O–H groups in total. The molecule has 3 heterocycles. The topological polar surface area (TPSA) is 70.9 Å². The number of rotatable bonds is 5. The molecule has 1 aromatic heterocycles. The second-order valence-electron chi connectivity index (χ2n) is 8.42. The van der Waals surface area contributed by atoms with E-state index in [1.54, 1.807) is 13.2 Å². The van der Waals surface area contributed by atoms with Gasteiger partial charge in [0.15, 0.2) is 0 Å². The molecular weight excluding hydrogens is 394 g/mol. The van der Waals surface area contributed by atoms with Crippen LogP contribution in [0.2, 0.25) is 0 Å². The maximum Gasteiger partial charge on any atom is 0.267 e. The highest BCUT2D eigenvalue weighted by atomic mass is 16.5. The van der Waals surface area contributed by atoms with Crippen molar-refractivity contribution in [3.8, 4) is 5.75 Å². The van der Waals surface area contributed by atoms with Gasteiger partial charge in [0.25, 0.3) is 5.56 Å². The lowest BCUT2D eigenvalue weighted by atomic mass is 9.99. The normalized spacial score (nSPS) is 17.7. The molecule has 2 aromatic rings. The Morgan fingerprint density at radius 1 is 0.968 bits per heavy atom. The van der Waals surface area contributed by atoms with E-state index >= 15 is 0 Å². The molecule has 31 heavy (non-hydrogen) atoms. The van der Waals surface area contributed by atoms with Crippen LogP contribution in [0.5, 0.6) is 5.75 Å². The van der Waals surface area contributed by atoms with Crippen LogP contribution >= 0.6 is 0 Å². The van der Waals surface area contributed by atoms with Gasteiger partial charge in [-0.05, 0) is 49.1 Å². The number of piperidine rings is 1. The lowest BCUT2D eigenvalue weighted by Gasteiger charge is -2.36. The van der Waals surface area contributed by atoms with E-state index < -0.39 is 0 Å². The van der Waals surface area contributed by atoms with E-state index in [9.17, 15) is 9.59 Å². The average molecular weight is 426 g/mol. The molecule has 2 saturated heterocycles. The summed E-state index contributed by atoms with van der Waals surface area (Å²) in [6.07, 6.45) is 2.25. The van der Waals surface area contributed by atoms with Crippen LogP contribution in [0.3, 0.4) is 0 Å². The van der Waals surface area contributed by atoms with Crippen molar-refractivity contribution in [2.75, 3.05) is 56.2 Å². The number of nitrogens with zero attached hydrogens (tertiary/aromatic N) is 5. The first-order valence-electron chi connectivity index (χ1n) is 11.0. The van der Waals surface area contributed by atoms with Gasteiger partial charge in [-0.3, -0.25) is 9.59 Å². The summed E-state index contributed by atoms with van der Waals surface area (Å²) in [5.41, 5.74) is 0.883. The Labute approximate surface area is 183 Å². The highest BCUT2D eigenvalue weighted by molar-refractivity contribution is 5.76. The molecule has 0 radical (unpaired) electrons. The predicted molar refractivity (Wildman–Crippen MR) is 121 cm³/mol. The van der Waals surface area contributed by atoms with E-state index in [1.807, 2.05) is 29.2 Å². The van der Waals surface area contributed by atoms with Gasteiger partial charge in [-0.25, -0.2) is 4.68 Å². The standard InChI is InChI=1S/C23H31N5O3/c1-18-9-11-26(12-10-18)21-7-8-22(29)28(24-21)17-23(30)27-15-13-25(14-16-27)19-3-5-20(31-2)6-4-19/h3-8,18H,9-17H2,1-2H3. The molecule has 0 bridgehead atoms. The molecule has 0 saturated carbocycles. The molecule has 0 unspecified atom stereocenters. The molecule has 2 fully saturated rings. The van der Waals surface area contributed by atoms with Gasteiger partial charge in [-0.1, -0.05) is 6.92 Å². The number of amides is 1. The van der Waals surface area contributed by atoms with Crippen LogP contribution < -0.4 is 20.1 Å². The number of ether oxygens (including phenoxy) is 1. The molecular formula is C23H31N5O3. The molecule has 4 rings (SSSR count). The summed E-state index contributed by atoms with van der Waals surface area (Å²) in [7, 11) is 1.66. The van der Waals surface area contributed by atoms with Crippen molar-refractivity contribution in [1.29, 1.82) is 0 Å². The van der Waals surface area contributed by atoms with Gasteiger partial charge in [-0.2, -0.15) is 5.10 Å². The van der Waals surface area contributed by atoms with Crippen molar-refractivity contribution < 1.29 is 9.53 Å². The van der Waals surface area contributed by atoms with Crippen molar-refractivity contribution in [3.05, 3.63) is 46.8 Å². The highest BCUT2D eigenvalue weighted by Crippen LogP contribution is 2.21. The van der Waals surface area contributed by atoms with Crippen molar-refractivity contribution >= 4 is 17.4 Å². The van der Waals surface area contributed by atoms with Gasteiger partial charge >= 0.3 is 0 Å². The number of aromatic nitrogens is 2. The molecule has 0 aliphatic carbocycles. The zero-order chi connectivity index (χ0) is 21.8. The largest absolute Gasteiger partial charge is 0.497 e. The predicted octanol–water partition coefficient (Wildman–Crippen LogP) is 1.84. The smallest absolute Gasteiger partial charge is 0.267 e. The number of hydrogen-bond donors (Lipinski definition) is 0. The van der Waals surface area contributed by atoms with Gasteiger partial charge < -0.3 is 19.4 Å². The third kappa shape index (κ3) is 5.00. The first kappa shape index (κ1) is 21.2. The third-order valence-corrected chi connectivity index (χ3v) is 6.32. The van der Waals surface area contributed by atoms with E-state index in [-0.39, 0.29) is 18.0 Å². The third-order valence-electron chi connectivity index (χ3n) is 6.32. The second-order valence-corrected chi connectivity index (χ2v) is 8.42.